The molecule has 0 unspecified atom stereocenters. The Hall–Kier alpha value is -1.99. The van der Waals surface area contributed by atoms with E-state index in [0.29, 0.717) is 19.6 Å². The molecular weight excluding hydrogens is 278 g/mol. The number of likely N-dealkylation sites (tertiary alicyclic amines) is 1. The maximum absolute atomic E-state index is 12.2. The Morgan fingerprint density at radius 3 is 2.64 bits per heavy atom. The highest BCUT2D eigenvalue weighted by Crippen LogP contribution is 2.23. The lowest BCUT2D eigenvalue weighted by Gasteiger charge is -2.26. The van der Waals surface area contributed by atoms with E-state index in [-0.39, 0.29) is 18.2 Å². The topological polar surface area (TPSA) is 38.8 Å². The van der Waals surface area contributed by atoms with E-state index in [4.69, 9.17) is 15.9 Å². The van der Waals surface area contributed by atoms with Gasteiger partial charge in [0.1, 0.15) is 5.60 Å². The lowest BCUT2D eigenvalue weighted by Crippen LogP contribution is -2.39. The summed E-state index contributed by atoms with van der Waals surface area (Å²) in [5.74, 6) is 2.65. The summed E-state index contributed by atoms with van der Waals surface area (Å²) in [4.78, 5) is 13.8. The van der Waals surface area contributed by atoms with E-state index in [1.165, 1.54) is 0 Å². The highest BCUT2D eigenvalue weighted by Gasteiger charge is 2.37. The standard InChI is InChI=1S/C18H23NO3/c1-5-15-11-16(21-13-14-9-7-6-8-10-14)12-19(15)17(20)22-18(2,3)4/h1,6-10,15-16H,11-13H2,2-4H3/t15-,16-/m1/s1. The van der Waals surface area contributed by atoms with Gasteiger partial charge in [-0.2, -0.15) is 0 Å². The highest BCUT2D eigenvalue weighted by molar-refractivity contribution is 5.69. The number of benzene rings is 1. The van der Waals surface area contributed by atoms with Crippen molar-refractivity contribution >= 4 is 6.09 Å². The van der Waals surface area contributed by atoms with Crippen LogP contribution in [0.1, 0.15) is 32.8 Å². The second-order valence-corrected chi connectivity index (χ2v) is 6.47. The number of hydrogen-bond acceptors (Lipinski definition) is 3. The summed E-state index contributed by atoms with van der Waals surface area (Å²) in [7, 11) is 0. The average Bonchev–Trinajstić information content (AvgIpc) is 2.88. The van der Waals surface area contributed by atoms with Gasteiger partial charge in [0.15, 0.2) is 0 Å². The quantitative estimate of drug-likeness (QED) is 0.805. The number of terminal acetylenes is 1. The largest absolute Gasteiger partial charge is 0.444 e. The van der Waals surface area contributed by atoms with Crippen molar-refractivity contribution in [1.82, 2.24) is 4.90 Å². The molecule has 0 radical (unpaired) electrons. The Kier molecular flexibility index (Phi) is 5.10. The maximum Gasteiger partial charge on any atom is 0.411 e. The van der Waals surface area contributed by atoms with Gasteiger partial charge in [0.2, 0.25) is 0 Å². The summed E-state index contributed by atoms with van der Waals surface area (Å²) in [6.45, 7) is 6.52. The molecule has 1 fully saturated rings. The molecule has 22 heavy (non-hydrogen) atoms. The van der Waals surface area contributed by atoms with E-state index in [0.717, 1.165) is 5.56 Å². The lowest BCUT2D eigenvalue weighted by atomic mass is 10.2. The summed E-state index contributed by atoms with van der Waals surface area (Å²) in [5, 5.41) is 0. The molecule has 1 aromatic rings. The van der Waals surface area contributed by atoms with E-state index < -0.39 is 5.60 Å². The molecule has 118 valence electrons. The first-order valence-electron chi connectivity index (χ1n) is 7.50. The van der Waals surface area contributed by atoms with Gasteiger partial charge in [-0.3, -0.25) is 4.90 Å². The van der Waals surface area contributed by atoms with Gasteiger partial charge in [-0.05, 0) is 26.3 Å². The molecular formula is C18H23NO3. The Morgan fingerprint density at radius 2 is 2.05 bits per heavy atom. The predicted octanol–water partition coefficient (Wildman–Crippen LogP) is 3.21. The van der Waals surface area contributed by atoms with Crippen LogP contribution in [0.15, 0.2) is 30.3 Å². The van der Waals surface area contributed by atoms with Gasteiger partial charge < -0.3 is 9.47 Å². The minimum absolute atomic E-state index is 0.0613. The highest BCUT2D eigenvalue weighted by atomic mass is 16.6. The van der Waals surface area contributed by atoms with E-state index in [2.05, 4.69) is 5.92 Å². The zero-order valence-corrected chi connectivity index (χ0v) is 13.4. The average molecular weight is 301 g/mol. The SMILES string of the molecule is C#C[C@@H]1C[C@@H](OCc2ccccc2)CN1C(=O)OC(C)(C)C. The summed E-state index contributed by atoms with van der Waals surface area (Å²) >= 11 is 0. The van der Waals surface area contributed by atoms with Crippen molar-refractivity contribution in [3.05, 3.63) is 35.9 Å². The second-order valence-electron chi connectivity index (χ2n) is 6.47. The first-order chi connectivity index (χ1) is 10.4. The molecule has 1 amide bonds. The van der Waals surface area contributed by atoms with Crippen LogP contribution < -0.4 is 0 Å². The Bertz CT molecular complexity index is 542. The molecule has 1 aromatic carbocycles. The predicted molar refractivity (Wildman–Crippen MR) is 85.2 cm³/mol. The monoisotopic (exact) mass is 301 g/mol. The summed E-state index contributed by atoms with van der Waals surface area (Å²) in [6, 6.07) is 9.68. The summed E-state index contributed by atoms with van der Waals surface area (Å²) < 4.78 is 11.3. The molecule has 1 saturated heterocycles. The normalized spacial score (nSPS) is 21.5. The van der Waals surface area contributed by atoms with Crippen molar-refractivity contribution in [3.8, 4) is 12.3 Å². The molecule has 4 heteroatoms. The first kappa shape index (κ1) is 16.4. The Labute approximate surface area is 132 Å². The van der Waals surface area contributed by atoms with Crippen molar-refractivity contribution in [2.75, 3.05) is 6.54 Å². The van der Waals surface area contributed by atoms with E-state index in [9.17, 15) is 4.79 Å². The molecule has 1 aliphatic rings. The zero-order chi connectivity index (χ0) is 16.2. The molecule has 0 bridgehead atoms. The fraction of sp³-hybridized carbons (Fsp3) is 0.500. The van der Waals surface area contributed by atoms with Gasteiger partial charge in [-0.1, -0.05) is 36.3 Å². The zero-order valence-electron chi connectivity index (χ0n) is 13.4. The first-order valence-corrected chi connectivity index (χ1v) is 7.50. The number of carbonyl (C=O) groups excluding carboxylic acids is 1. The number of nitrogens with zero attached hydrogens (tertiary/aromatic N) is 1. The molecule has 2 atom stereocenters. The Morgan fingerprint density at radius 1 is 1.36 bits per heavy atom. The Balaban J connectivity index is 1.92. The van der Waals surface area contributed by atoms with Crippen LogP contribution in [-0.2, 0) is 16.1 Å². The van der Waals surface area contributed by atoms with Crippen LogP contribution in [0.3, 0.4) is 0 Å². The van der Waals surface area contributed by atoms with E-state index in [1.807, 2.05) is 51.1 Å². The molecule has 0 saturated carbocycles. The van der Waals surface area contributed by atoms with Gasteiger partial charge in [0, 0.05) is 6.42 Å². The van der Waals surface area contributed by atoms with Crippen LogP contribution in [0.4, 0.5) is 4.79 Å². The molecule has 0 aromatic heterocycles. The van der Waals surface area contributed by atoms with Crippen LogP contribution in [0.25, 0.3) is 0 Å². The minimum atomic E-state index is -0.529. The van der Waals surface area contributed by atoms with Crippen LogP contribution in [0, 0.1) is 12.3 Å². The number of carbonyl (C=O) groups is 1. The smallest absolute Gasteiger partial charge is 0.411 e. The summed E-state index contributed by atoms with van der Waals surface area (Å²) in [6.07, 6.45) is 5.75. The van der Waals surface area contributed by atoms with Crippen LogP contribution in [-0.4, -0.2) is 35.3 Å². The third-order valence-electron chi connectivity index (χ3n) is 3.41. The van der Waals surface area contributed by atoms with Crippen LogP contribution in [0.2, 0.25) is 0 Å². The minimum Gasteiger partial charge on any atom is -0.444 e. The van der Waals surface area contributed by atoms with Crippen molar-refractivity contribution in [1.29, 1.82) is 0 Å². The van der Waals surface area contributed by atoms with Gasteiger partial charge in [0.25, 0.3) is 0 Å². The van der Waals surface area contributed by atoms with E-state index >= 15 is 0 Å². The van der Waals surface area contributed by atoms with Crippen LogP contribution in [0.5, 0.6) is 0 Å². The maximum atomic E-state index is 12.2. The molecule has 0 N–H and O–H groups in total. The van der Waals surface area contributed by atoms with Crippen molar-refractivity contribution in [3.63, 3.8) is 0 Å². The number of amides is 1. The van der Waals surface area contributed by atoms with Crippen molar-refractivity contribution in [2.24, 2.45) is 0 Å². The van der Waals surface area contributed by atoms with Gasteiger partial charge in [-0.15, -0.1) is 6.42 Å². The second kappa shape index (κ2) is 6.85. The number of rotatable bonds is 3. The lowest BCUT2D eigenvalue weighted by molar-refractivity contribution is 0.0168. The number of hydrogen-bond donors (Lipinski definition) is 0. The van der Waals surface area contributed by atoms with Crippen LogP contribution >= 0.6 is 0 Å². The fourth-order valence-corrected chi connectivity index (χ4v) is 2.39. The third kappa shape index (κ3) is 4.51. The van der Waals surface area contributed by atoms with Crippen molar-refractivity contribution in [2.45, 2.75) is 51.5 Å². The molecule has 0 spiro atoms. The van der Waals surface area contributed by atoms with E-state index in [1.54, 1.807) is 4.90 Å². The number of ether oxygens (including phenoxy) is 2. The molecule has 4 nitrogen and oxygen atoms in total. The van der Waals surface area contributed by atoms with Gasteiger partial charge in [-0.25, -0.2) is 4.79 Å². The summed E-state index contributed by atoms with van der Waals surface area (Å²) in [5.41, 5.74) is 0.578. The van der Waals surface area contributed by atoms with Crippen molar-refractivity contribution < 1.29 is 14.3 Å². The molecule has 0 aliphatic carbocycles. The molecule has 1 aliphatic heterocycles. The fourth-order valence-electron chi connectivity index (χ4n) is 2.39. The van der Waals surface area contributed by atoms with Gasteiger partial charge in [0.05, 0.1) is 25.3 Å². The third-order valence-corrected chi connectivity index (χ3v) is 3.41. The molecule has 2 rings (SSSR count). The molecule has 1 heterocycles. The van der Waals surface area contributed by atoms with Gasteiger partial charge >= 0.3 is 6.09 Å².